The highest BCUT2D eigenvalue weighted by molar-refractivity contribution is 6.42. The molecule has 0 saturated heterocycles. The van der Waals surface area contributed by atoms with E-state index in [2.05, 4.69) is 15.5 Å². The Labute approximate surface area is 163 Å². The van der Waals surface area contributed by atoms with E-state index in [1.165, 1.54) is 7.11 Å². The third-order valence-corrected chi connectivity index (χ3v) is 4.12. The average molecular weight is 420 g/mol. The summed E-state index contributed by atoms with van der Waals surface area (Å²) in [6, 6.07) is 6.81. The van der Waals surface area contributed by atoms with Gasteiger partial charge in [0.05, 0.1) is 27.6 Å². The fraction of sp³-hybridized carbons (Fsp3) is 0.235. The zero-order valence-electron chi connectivity index (χ0n) is 14.0. The van der Waals surface area contributed by atoms with Gasteiger partial charge < -0.3 is 10.2 Å². The number of aromatic nitrogens is 1. The number of nitrogens with one attached hydrogen (secondary N) is 1. The molecular formula is C17H14Cl2F3N3O2. The van der Waals surface area contributed by atoms with Crippen molar-refractivity contribution >= 4 is 40.5 Å². The topological polar surface area (TPSA) is 63.6 Å². The van der Waals surface area contributed by atoms with E-state index in [0.29, 0.717) is 21.3 Å². The molecule has 0 fully saturated rings. The van der Waals surface area contributed by atoms with E-state index in [1.807, 2.05) is 0 Å². The van der Waals surface area contributed by atoms with Crippen molar-refractivity contribution in [2.75, 3.05) is 12.4 Å². The Balaban J connectivity index is 2.00. The van der Waals surface area contributed by atoms with Gasteiger partial charge in [-0.1, -0.05) is 34.4 Å². The lowest BCUT2D eigenvalue weighted by atomic mass is 10.1. The maximum absolute atomic E-state index is 12.5. The van der Waals surface area contributed by atoms with E-state index in [0.717, 1.165) is 18.3 Å². The molecule has 1 aromatic heterocycles. The van der Waals surface area contributed by atoms with Gasteiger partial charge in [-0.25, -0.2) is 4.98 Å². The Morgan fingerprint density at radius 3 is 2.48 bits per heavy atom. The van der Waals surface area contributed by atoms with Crippen molar-refractivity contribution in [1.29, 1.82) is 0 Å². The van der Waals surface area contributed by atoms with Crippen LogP contribution in [0.3, 0.4) is 0 Å². The number of halogens is 5. The molecule has 0 aliphatic carbocycles. The first-order chi connectivity index (χ1) is 12.7. The van der Waals surface area contributed by atoms with Gasteiger partial charge in [-0.15, -0.1) is 0 Å². The molecule has 0 saturated carbocycles. The minimum atomic E-state index is -4.53. The van der Waals surface area contributed by atoms with Gasteiger partial charge in [0.1, 0.15) is 12.8 Å². The van der Waals surface area contributed by atoms with Crippen LogP contribution in [-0.4, -0.2) is 23.7 Å². The number of amides is 1. The monoisotopic (exact) mass is 419 g/mol. The first kappa shape index (κ1) is 21.0. The van der Waals surface area contributed by atoms with Crippen LogP contribution in [0.2, 0.25) is 10.0 Å². The molecule has 2 rings (SSSR count). The molecule has 10 heteroatoms. The van der Waals surface area contributed by atoms with Gasteiger partial charge in [-0.2, -0.15) is 13.2 Å². The Morgan fingerprint density at radius 1 is 1.19 bits per heavy atom. The van der Waals surface area contributed by atoms with Gasteiger partial charge in [0.2, 0.25) is 5.91 Å². The lowest BCUT2D eigenvalue weighted by Crippen LogP contribution is -2.15. The summed E-state index contributed by atoms with van der Waals surface area (Å²) in [7, 11) is 1.37. The number of carbonyl (C=O) groups excluding carboxylic acids is 1. The Bertz CT molecular complexity index is 840. The van der Waals surface area contributed by atoms with Crippen LogP contribution in [-0.2, 0) is 15.8 Å². The predicted octanol–water partition coefficient (Wildman–Crippen LogP) is 5.18. The molecular weight excluding hydrogens is 406 g/mol. The van der Waals surface area contributed by atoms with Gasteiger partial charge >= 0.3 is 6.18 Å². The smallest absolute Gasteiger partial charge is 0.399 e. The van der Waals surface area contributed by atoms with E-state index < -0.39 is 17.8 Å². The molecule has 0 bridgehead atoms. The standard InChI is InChI=1S/C17H14Cl2F3N3O2/c1-27-25-14(10-2-4-12(18)13(19)8-10)5-7-16(26)24-11-3-6-15(23-9-11)17(20,21)22/h2-4,6,8-9H,5,7H2,1H3,(H,24,26). The van der Waals surface area contributed by atoms with Crippen molar-refractivity contribution in [3.8, 4) is 0 Å². The Kier molecular flexibility index (Phi) is 7.04. The summed E-state index contributed by atoms with van der Waals surface area (Å²) >= 11 is 11.9. The summed E-state index contributed by atoms with van der Waals surface area (Å²) in [6.45, 7) is 0. The number of carbonyl (C=O) groups is 1. The maximum Gasteiger partial charge on any atom is 0.433 e. The zero-order valence-corrected chi connectivity index (χ0v) is 15.5. The van der Waals surface area contributed by atoms with Crippen LogP contribution in [0.15, 0.2) is 41.7 Å². The second-order valence-corrected chi connectivity index (χ2v) is 6.14. The first-order valence-corrected chi connectivity index (χ1v) is 8.35. The third kappa shape index (κ3) is 6.11. The normalized spacial score (nSPS) is 12.0. The van der Waals surface area contributed by atoms with Crippen molar-refractivity contribution in [2.45, 2.75) is 19.0 Å². The second kappa shape index (κ2) is 9.05. The molecule has 0 aliphatic rings. The second-order valence-electron chi connectivity index (χ2n) is 5.33. The third-order valence-electron chi connectivity index (χ3n) is 3.38. The molecule has 0 atom stereocenters. The lowest BCUT2D eigenvalue weighted by Gasteiger charge is -2.09. The van der Waals surface area contributed by atoms with Gasteiger partial charge in [-0.3, -0.25) is 4.79 Å². The molecule has 144 valence electrons. The number of hydrogen-bond donors (Lipinski definition) is 1. The fourth-order valence-corrected chi connectivity index (χ4v) is 2.42. The van der Waals surface area contributed by atoms with Crippen molar-refractivity contribution < 1.29 is 22.8 Å². The van der Waals surface area contributed by atoms with Gasteiger partial charge in [0.25, 0.3) is 0 Å². The molecule has 0 unspecified atom stereocenters. The van der Waals surface area contributed by atoms with Crippen molar-refractivity contribution in [3.63, 3.8) is 0 Å². The molecule has 1 N–H and O–H groups in total. The Hall–Kier alpha value is -2.32. The summed E-state index contributed by atoms with van der Waals surface area (Å²) in [5.41, 5.74) is 0.231. The summed E-state index contributed by atoms with van der Waals surface area (Å²) in [6.07, 6.45) is -3.35. The van der Waals surface area contributed by atoms with E-state index in [9.17, 15) is 18.0 Å². The maximum atomic E-state index is 12.5. The average Bonchev–Trinajstić information content (AvgIpc) is 2.61. The molecule has 1 aromatic carbocycles. The number of benzene rings is 1. The molecule has 0 aliphatic heterocycles. The van der Waals surface area contributed by atoms with Gasteiger partial charge in [-0.05, 0) is 24.3 Å². The van der Waals surface area contributed by atoms with Crippen LogP contribution in [0.25, 0.3) is 0 Å². The van der Waals surface area contributed by atoms with E-state index in [-0.39, 0.29) is 18.5 Å². The number of alkyl halides is 3. The molecule has 1 amide bonds. The minimum Gasteiger partial charge on any atom is -0.399 e. The summed E-state index contributed by atoms with van der Waals surface area (Å²) < 4.78 is 37.5. The van der Waals surface area contributed by atoms with Crippen molar-refractivity contribution in [1.82, 2.24) is 4.98 Å². The van der Waals surface area contributed by atoms with Crippen LogP contribution in [0.5, 0.6) is 0 Å². The largest absolute Gasteiger partial charge is 0.433 e. The van der Waals surface area contributed by atoms with Crippen LogP contribution in [0.4, 0.5) is 18.9 Å². The molecule has 27 heavy (non-hydrogen) atoms. The first-order valence-electron chi connectivity index (χ1n) is 7.59. The fourth-order valence-electron chi connectivity index (χ4n) is 2.12. The number of nitrogens with zero attached hydrogens (tertiary/aromatic N) is 2. The molecule has 1 heterocycles. The SMILES string of the molecule is CON=C(CCC(=O)Nc1ccc(C(F)(F)F)nc1)c1ccc(Cl)c(Cl)c1. The number of rotatable bonds is 6. The number of oxime groups is 1. The highest BCUT2D eigenvalue weighted by atomic mass is 35.5. The summed E-state index contributed by atoms with van der Waals surface area (Å²) in [4.78, 5) is 20.1. The molecule has 5 nitrogen and oxygen atoms in total. The van der Waals surface area contributed by atoms with Crippen LogP contribution in [0, 0.1) is 0 Å². The van der Waals surface area contributed by atoms with Gasteiger partial charge in [0.15, 0.2) is 0 Å². The summed E-state index contributed by atoms with van der Waals surface area (Å²) in [5, 5.41) is 7.07. The lowest BCUT2D eigenvalue weighted by molar-refractivity contribution is -0.141. The van der Waals surface area contributed by atoms with E-state index in [1.54, 1.807) is 18.2 Å². The molecule has 0 spiro atoms. The highest BCUT2D eigenvalue weighted by Gasteiger charge is 2.32. The highest BCUT2D eigenvalue weighted by Crippen LogP contribution is 2.28. The van der Waals surface area contributed by atoms with Crippen molar-refractivity contribution in [3.05, 3.63) is 57.8 Å². The predicted molar refractivity (Wildman–Crippen MR) is 97.1 cm³/mol. The van der Waals surface area contributed by atoms with Crippen LogP contribution >= 0.6 is 23.2 Å². The summed E-state index contributed by atoms with van der Waals surface area (Å²) in [5.74, 6) is -0.416. The Morgan fingerprint density at radius 2 is 1.93 bits per heavy atom. The molecule has 2 aromatic rings. The van der Waals surface area contributed by atoms with E-state index in [4.69, 9.17) is 28.0 Å². The quantitative estimate of drug-likeness (QED) is 0.518. The van der Waals surface area contributed by atoms with Crippen LogP contribution < -0.4 is 5.32 Å². The number of anilines is 1. The van der Waals surface area contributed by atoms with Crippen LogP contribution in [0.1, 0.15) is 24.1 Å². The minimum absolute atomic E-state index is 0.0173. The van der Waals surface area contributed by atoms with Gasteiger partial charge in [0, 0.05) is 18.4 Å². The van der Waals surface area contributed by atoms with Crippen molar-refractivity contribution in [2.24, 2.45) is 5.16 Å². The van der Waals surface area contributed by atoms with E-state index >= 15 is 0 Å². The molecule has 0 radical (unpaired) electrons. The zero-order chi connectivity index (χ0) is 20.0. The number of pyridine rings is 1. The number of hydrogen-bond acceptors (Lipinski definition) is 4.